The van der Waals surface area contributed by atoms with Gasteiger partial charge in [0.1, 0.15) is 12.2 Å². The summed E-state index contributed by atoms with van der Waals surface area (Å²) >= 11 is 0. The van der Waals surface area contributed by atoms with Crippen molar-refractivity contribution in [1.29, 1.82) is 0 Å². The van der Waals surface area contributed by atoms with Crippen molar-refractivity contribution in [3.8, 4) is 11.4 Å². The maximum absolute atomic E-state index is 10.9. The molecule has 0 fully saturated rings. The zero-order valence-electron chi connectivity index (χ0n) is 11.1. The molecule has 2 N–H and O–H groups in total. The van der Waals surface area contributed by atoms with Gasteiger partial charge in [0.2, 0.25) is 0 Å². The van der Waals surface area contributed by atoms with Crippen molar-refractivity contribution >= 4 is 5.97 Å². The number of carboxylic acid groups (broad SMARTS) is 1. The highest BCUT2D eigenvalue weighted by Crippen LogP contribution is 2.09. The number of carbonyl (C=O) groups is 1. The second kappa shape index (κ2) is 6.67. The maximum Gasteiger partial charge on any atom is 0.320 e. The lowest BCUT2D eigenvalue weighted by atomic mass is 10.2. The van der Waals surface area contributed by atoms with E-state index in [0.29, 0.717) is 18.8 Å². The number of nitrogens with one attached hydrogen (secondary N) is 1. The third-order valence-corrected chi connectivity index (χ3v) is 2.89. The first kappa shape index (κ1) is 14.0. The smallest absolute Gasteiger partial charge is 0.320 e. The van der Waals surface area contributed by atoms with E-state index < -0.39 is 12.0 Å². The van der Waals surface area contributed by atoms with E-state index in [1.54, 1.807) is 42.6 Å². The fourth-order valence-corrected chi connectivity index (χ4v) is 1.75. The van der Waals surface area contributed by atoms with Gasteiger partial charge in [-0.1, -0.05) is 4.68 Å². The normalized spacial score (nSPS) is 12.1. The lowest BCUT2D eigenvalue weighted by Gasteiger charge is -2.07. The molecule has 7 heteroatoms. The summed E-state index contributed by atoms with van der Waals surface area (Å²) in [5, 5.41) is 15.9. The molecule has 2 aromatic heterocycles. The Bertz CT molecular complexity index is 559. The van der Waals surface area contributed by atoms with Gasteiger partial charge in [0.05, 0.1) is 0 Å². The molecule has 0 spiro atoms. The Morgan fingerprint density at radius 1 is 1.45 bits per heavy atom. The number of aryl methyl sites for hydroxylation is 1. The van der Waals surface area contributed by atoms with E-state index in [2.05, 4.69) is 20.4 Å². The fourth-order valence-electron chi connectivity index (χ4n) is 1.75. The van der Waals surface area contributed by atoms with Crippen LogP contribution < -0.4 is 10.00 Å². The predicted molar refractivity (Wildman–Crippen MR) is 70.6 cm³/mol. The number of nitrogens with zero attached hydrogens (tertiary/aromatic N) is 4. The highest BCUT2D eigenvalue weighted by atomic mass is 16.4. The first-order chi connectivity index (χ1) is 9.70. The average molecular weight is 274 g/mol. The summed E-state index contributed by atoms with van der Waals surface area (Å²) in [5.41, 5.74) is 0.824. The minimum Gasteiger partial charge on any atom is -0.480 e. The number of hydrogen-bond acceptors (Lipinski definition) is 5. The number of rotatable bonds is 6. The molecule has 1 atom stereocenters. The van der Waals surface area contributed by atoms with Crippen LogP contribution in [0.15, 0.2) is 36.9 Å². The summed E-state index contributed by atoms with van der Waals surface area (Å²) in [6, 6.07) is 3.04. The Kier molecular flexibility index (Phi) is 4.67. The molecule has 0 radical (unpaired) electrons. The van der Waals surface area contributed by atoms with Crippen LogP contribution in [0.1, 0.15) is 6.42 Å². The zero-order chi connectivity index (χ0) is 14.4. The molecule has 0 unspecified atom stereocenters. The zero-order valence-corrected chi connectivity index (χ0v) is 11.1. The quantitative estimate of drug-likeness (QED) is 0.714. The summed E-state index contributed by atoms with van der Waals surface area (Å²) < 4.78 is 1.69. The van der Waals surface area contributed by atoms with Crippen molar-refractivity contribution in [3.05, 3.63) is 36.9 Å². The van der Waals surface area contributed by atoms with Gasteiger partial charge in [0, 0.05) is 30.4 Å². The van der Waals surface area contributed by atoms with Gasteiger partial charge in [0.25, 0.3) is 0 Å². The van der Waals surface area contributed by atoms with Gasteiger partial charge in [-0.15, -0.1) is 0 Å². The summed E-state index contributed by atoms with van der Waals surface area (Å²) in [6.07, 6.45) is 7.27. The Morgan fingerprint density at radius 2 is 2.20 bits per heavy atom. The molecule has 2 aromatic rings. The minimum absolute atomic E-state index is 0.463. The van der Waals surface area contributed by atoms with E-state index in [9.17, 15) is 4.79 Å². The van der Waals surface area contributed by atoms with Crippen LogP contribution >= 0.6 is 0 Å². The monoisotopic (exact) mass is 274 g/mol. The largest absolute Gasteiger partial charge is 0.480 e. The van der Waals surface area contributed by atoms with Crippen molar-refractivity contribution in [2.24, 2.45) is 0 Å². The summed E-state index contributed by atoms with van der Waals surface area (Å²) in [7, 11) is 1.63. The Hall–Kier alpha value is -2.41. The number of aliphatic carboxylic acids is 1. The van der Waals surface area contributed by atoms with Crippen molar-refractivity contribution in [2.75, 3.05) is 7.05 Å². The van der Waals surface area contributed by atoms with Crippen molar-refractivity contribution in [3.63, 3.8) is 0 Å². The summed E-state index contributed by atoms with van der Waals surface area (Å²) in [5.74, 6) is -0.242. The van der Waals surface area contributed by atoms with Crippen LogP contribution in [0.5, 0.6) is 0 Å². The number of carboxylic acids is 1. The first-order valence-electron chi connectivity index (χ1n) is 6.24. The van der Waals surface area contributed by atoms with Crippen LogP contribution in [0.2, 0.25) is 0 Å². The highest BCUT2D eigenvalue weighted by Gasteiger charge is 2.17. The molecule has 0 bridgehead atoms. The van der Waals surface area contributed by atoms with Crippen molar-refractivity contribution < 1.29 is 14.6 Å². The highest BCUT2D eigenvalue weighted by molar-refractivity contribution is 5.73. The van der Waals surface area contributed by atoms with E-state index >= 15 is 0 Å². The Balaban J connectivity index is 2.00. The van der Waals surface area contributed by atoms with E-state index in [1.807, 2.05) is 6.07 Å². The molecule has 2 heterocycles. The van der Waals surface area contributed by atoms with Crippen molar-refractivity contribution in [2.45, 2.75) is 19.0 Å². The number of hydrogen-bond donors (Lipinski definition) is 2. The van der Waals surface area contributed by atoms with Crippen LogP contribution in [0.25, 0.3) is 11.4 Å². The van der Waals surface area contributed by atoms with E-state index in [0.717, 1.165) is 5.56 Å². The lowest BCUT2D eigenvalue weighted by molar-refractivity contribution is -0.754. The topological polar surface area (TPSA) is 91.9 Å². The SMILES string of the molecule is CN[C@@H](CC[n+]1ccc(-c2ncccn2)cn1)C(=O)O. The van der Waals surface area contributed by atoms with Gasteiger partial charge < -0.3 is 10.4 Å². The van der Waals surface area contributed by atoms with Gasteiger partial charge in [0.15, 0.2) is 18.6 Å². The van der Waals surface area contributed by atoms with Crippen LogP contribution in [0.3, 0.4) is 0 Å². The third-order valence-electron chi connectivity index (χ3n) is 2.89. The number of aromatic nitrogens is 4. The fraction of sp³-hybridized carbons (Fsp3) is 0.308. The van der Waals surface area contributed by atoms with Crippen LogP contribution in [0.4, 0.5) is 0 Å². The van der Waals surface area contributed by atoms with Crippen LogP contribution in [-0.4, -0.2) is 39.2 Å². The molecule has 0 saturated carbocycles. The summed E-state index contributed by atoms with van der Waals surface area (Å²) in [6.45, 7) is 0.522. The lowest BCUT2D eigenvalue weighted by Crippen LogP contribution is -2.43. The molecule has 0 saturated heterocycles. The van der Waals surface area contributed by atoms with E-state index in [4.69, 9.17) is 5.11 Å². The molecule has 0 aliphatic heterocycles. The summed E-state index contributed by atoms with van der Waals surface area (Å²) in [4.78, 5) is 19.2. The van der Waals surface area contributed by atoms with Gasteiger partial charge in [-0.2, -0.15) is 0 Å². The third kappa shape index (κ3) is 3.55. The second-order valence-electron chi connectivity index (χ2n) is 4.22. The molecule has 0 aliphatic rings. The van der Waals surface area contributed by atoms with Crippen LogP contribution in [-0.2, 0) is 11.3 Å². The minimum atomic E-state index is -0.859. The predicted octanol–water partition coefficient (Wildman–Crippen LogP) is -0.111. The molecule has 20 heavy (non-hydrogen) atoms. The van der Waals surface area contributed by atoms with E-state index in [-0.39, 0.29) is 0 Å². The van der Waals surface area contributed by atoms with Crippen molar-refractivity contribution in [1.82, 2.24) is 20.4 Å². The molecule has 2 rings (SSSR count). The van der Waals surface area contributed by atoms with Gasteiger partial charge in [-0.3, -0.25) is 4.79 Å². The molecule has 104 valence electrons. The van der Waals surface area contributed by atoms with Gasteiger partial charge >= 0.3 is 5.97 Å². The molecule has 0 amide bonds. The second-order valence-corrected chi connectivity index (χ2v) is 4.22. The molecule has 0 aromatic carbocycles. The molecule has 7 nitrogen and oxygen atoms in total. The maximum atomic E-state index is 10.9. The molecular formula is C13H16N5O2+. The first-order valence-corrected chi connectivity index (χ1v) is 6.24. The standard InChI is InChI=1S/C13H15N5O2/c1-14-11(13(19)20)4-8-18-7-3-10(9-17-18)12-15-5-2-6-16-12/h2-3,5-7,9,11,14H,4,8H2,1H3/p+1/t11-/m0/s1. The van der Waals surface area contributed by atoms with E-state index in [1.165, 1.54) is 0 Å². The van der Waals surface area contributed by atoms with Gasteiger partial charge in [-0.05, 0) is 18.2 Å². The Labute approximate surface area is 116 Å². The van der Waals surface area contributed by atoms with Gasteiger partial charge in [-0.25, -0.2) is 9.97 Å². The molecular weight excluding hydrogens is 258 g/mol. The molecule has 0 aliphatic carbocycles. The Morgan fingerprint density at radius 3 is 2.75 bits per heavy atom. The average Bonchev–Trinajstić information content (AvgIpc) is 2.49. The van der Waals surface area contributed by atoms with Crippen LogP contribution in [0, 0.1) is 0 Å². The number of likely N-dealkylation sites (N-methyl/N-ethyl adjacent to an activating group) is 1.